The number of aliphatic hydroxyl groups is 3. The van der Waals surface area contributed by atoms with Gasteiger partial charge in [-0.15, -0.1) is 0 Å². The number of rotatable bonds is 61. The second-order valence-corrected chi connectivity index (χ2v) is 38.3. The number of nitrogens with one attached hydrogen (secondary N) is 17. The Morgan fingerprint density at radius 2 is 0.786 bits per heavy atom. The topological polar surface area (TPSA) is 780 Å². The molecule has 2 aliphatic rings. The number of thiol groups is 1. The van der Waals surface area contributed by atoms with Crippen LogP contribution in [0.3, 0.4) is 0 Å². The predicted molar refractivity (Wildman–Crippen MR) is 523 cm³/mol. The van der Waals surface area contributed by atoms with Crippen molar-refractivity contribution < 1.29 is 141 Å². The van der Waals surface area contributed by atoms with Crippen LogP contribution in [0, 0.1) is 29.6 Å². The van der Waals surface area contributed by atoms with Crippen LogP contribution < -0.4 is 102 Å². The molecule has 0 saturated carbocycles. The minimum absolute atomic E-state index is 0.0159. The number of carbonyl (C=O) groups excluding carboxylic acids is 19. The molecule has 50 nitrogen and oxygen atoms in total. The zero-order chi connectivity index (χ0) is 109. The maximum atomic E-state index is 15.4. The van der Waals surface area contributed by atoms with E-state index in [1.807, 2.05) is 0 Å². The first-order valence-corrected chi connectivity index (χ1v) is 48.9. The molecular formula is C94H147N21O29S. The average molecular weight is 2070 g/mol. The molecule has 2 aliphatic heterocycles. The highest BCUT2D eigenvalue weighted by Crippen LogP contribution is 2.26. The maximum absolute atomic E-state index is 15.4. The Bertz CT molecular complexity index is 4800. The predicted octanol–water partition coefficient (Wildman–Crippen LogP) is -6.67. The first-order valence-electron chi connectivity index (χ1n) is 48.3. The second kappa shape index (κ2) is 61.1. The molecule has 0 radical (unpaired) electrons. The summed E-state index contributed by atoms with van der Waals surface area (Å²) in [6, 6.07) is -14.4. The molecule has 19 amide bonds. The maximum Gasteiger partial charge on any atom is 0.328 e. The number of aromatic hydroxyl groups is 1. The van der Waals surface area contributed by atoms with Crippen LogP contribution in [0.1, 0.15) is 185 Å². The van der Waals surface area contributed by atoms with Crippen LogP contribution >= 0.6 is 12.6 Å². The lowest BCUT2D eigenvalue weighted by atomic mass is 9.99. The van der Waals surface area contributed by atoms with Crippen molar-refractivity contribution in [3.8, 4) is 5.75 Å². The molecule has 2 aromatic carbocycles. The highest BCUT2D eigenvalue weighted by atomic mass is 32.1. The lowest BCUT2D eigenvalue weighted by Gasteiger charge is -2.33. The summed E-state index contributed by atoms with van der Waals surface area (Å²) in [5, 5.41) is 112. The van der Waals surface area contributed by atoms with Gasteiger partial charge in [-0.1, -0.05) is 112 Å². The second-order valence-electron chi connectivity index (χ2n) is 37.9. The van der Waals surface area contributed by atoms with Gasteiger partial charge < -0.3 is 147 Å². The summed E-state index contributed by atoms with van der Waals surface area (Å²) in [4.78, 5) is 306. The Morgan fingerprint density at radius 1 is 0.386 bits per heavy atom. The molecule has 0 aromatic heterocycles. The van der Waals surface area contributed by atoms with Crippen LogP contribution in [0.25, 0.3) is 0 Å². The molecule has 20 atom stereocenters. The average Bonchev–Trinajstić information content (AvgIpc) is 1.68. The fourth-order valence-corrected chi connectivity index (χ4v) is 16.0. The molecule has 0 spiro atoms. The third-order valence-electron chi connectivity index (χ3n) is 23.7. The Hall–Kier alpha value is -13.3. The molecule has 0 aliphatic carbocycles. The van der Waals surface area contributed by atoms with E-state index in [-0.39, 0.29) is 113 Å². The molecule has 4 rings (SSSR count). The number of phenolic OH excluding ortho intramolecular Hbond substituents is 1. The van der Waals surface area contributed by atoms with E-state index < -0.39 is 314 Å². The number of nitrogens with zero attached hydrogens (tertiary/aromatic N) is 2. The third-order valence-corrected chi connectivity index (χ3v) is 24.1. The summed E-state index contributed by atoms with van der Waals surface area (Å²) >= 11 is 4.26. The number of carboxylic acid groups (broad SMARTS) is 3. The van der Waals surface area contributed by atoms with Gasteiger partial charge in [-0.05, 0) is 151 Å². The number of likely N-dealkylation sites (tertiary alicyclic amines) is 2. The fourth-order valence-electron chi connectivity index (χ4n) is 15.7. The minimum Gasteiger partial charge on any atom is -0.508 e. The van der Waals surface area contributed by atoms with Gasteiger partial charge in [0.2, 0.25) is 112 Å². The quantitative estimate of drug-likeness (QED) is 0.0216. The van der Waals surface area contributed by atoms with Crippen molar-refractivity contribution in [1.29, 1.82) is 0 Å². The molecular weight excluding hydrogens is 1920 g/mol. The van der Waals surface area contributed by atoms with Crippen LogP contribution in [-0.2, 0) is 118 Å². The van der Waals surface area contributed by atoms with Crippen molar-refractivity contribution in [1.82, 2.24) is 100 Å². The van der Waals surface area contributed by atoms with E-state index >= 15 is 9.59 Å². The highest BCUT2D eigenvalue weighted by Gasteiger charge is 2.46. The van der Waals surface area contributed by atoms with Crippen LogP contribution in [0.2, 0.25) is 0 Å². The summed E-state index contributed by atoms with van der Waals surface area (Å²) < 4.78 is 0. The highest BCUT2D eigenvalue weighted by molar-refractivity contribution is 7.80. The van der Waals surface area contributed by atoms with Crippen LogP contribution in [0.15, 0.2) is 54.6 Å². The fraction of sp³-hybridized carbons (Fsp3) is 0.638. The smallest absolute Gasteiger partial charge is 0.328 e. The van der Waals surface area contributed by atoms with Gasteiger partial charge in [0, 0.05) is 38.1 Å². The zero-order valence-corrected chi connectivity index (χ0v) is 85.0. The van der Waals surface area contributed by atoms with Crippen molar-refractivity contribution in [3.05, 3.63) is 65.7 Å². The number of aliphatic hydroxyl groups excluding tert-OH is 3. The number of unbranched alkanes of at least 4 members (excludes halogenated alkanes) is 1. The van der Waals surface area contributed by atoms with Crippen molar-refractivity contribution in [2.75, 3.05) is 45.1 Å². The molecule has 145 heavy (non-hydrogen) atoms. The first-order chi connectivity index (χ1) is 68.1. The monoisotopic (exact) mass is 2070 g/mol. The number of hydrogen-bond acceptors (Lipinski definition) is 29. The minimum atomic E-state index is -2.06. The number of aliphatic carboxylic acids is 3. The number of carboxylic acids is 3. The number of phenols is 1. The molecule has 2 fully saturated rings. The molecule has 51 heteroatoms. The van der Waals surface area contributed by atoms with Gasteiger partial charge in [-0.3, -0.25) is 101 Å². The van der Waals surface area contributed by atoms with E-state index in [9.17, 15) is 132 Å². The zero-order valence-electron chi connectivity index (χ0n) is 84.1. The van der Waals surface area contributed by atoms with Crippen molar-refractivity contribution in [3.63, 3.8) is 0 Å². The van der Waals surface area contributed by atoms with Gasteiger partial charge in [0.25, 0.3) is 0 Å². The number of hydrogen-bond donors (Lipinski definition) is 27. The van der Waals surface area contributed by atoms with E-state index in [4.69, 9.17) is 11.5 Å². The summed E-state index contributed by atoms with van der Waals surface area (Å²) in [6.45, 7) is 18.5. The van der Waals surface area contributed by atoms with E-state index in [2.05, 4.69) is 103 Å². The van der Waals surface area contributed by atoms with Crippen molar-refractivity contribution in [2.45, 2.75) is 308 Å². The van der Waals surface area contributed by atoms with Crippen LogP contribution in [-0.4, -0.2) is 342 Å². The van der Waals surface area contributed by atoms with Gasteiger partial charge >= 0.3 is 17.9 Å². The number of nitrogens with two attached hydrogens (primary N) is 2. The van der Waals surface area contributed by atoms with Gasteiger partial charge in [-0.2, -0.15) is 12.6 Å². The molecule has 2 saturated heterocycles. The molecule has 0 unspecified atom stereocenters. The standard InChI is InChI=1S/C94H147N21O29S/c1-45(2)36-59(103-78(127)51(12)98-77(126)50(11)99-90(139)75(52(13)117)109-68(120)41-96)79(128)97-42-69(121)100-65(44-145)84(133)104-60(37-46(3)4)83(132)110-72(47(5)6)87(136)101-57(24-18-19-33-95)80(129)106-62(40-71(124)125)82(131)105-61(38-55-27-29-56(119)30-28-55)81(130)107-63(39-54-22-16-15-17-23-54)93(142)115-35-20-25-66(115)85(134)102-58(31-32-70(122)123)92(141)114-34-21-26-67(114)86(135)111-74(49(9)10)89(138)113-76(53(14)118)91(140)112-73(48(7)8)88(137)108-64(43-116)94(143)144/h15-17,22-23,27-30,45-53,57-67,72-76,116-119,145H,18-21,24-26,31-44,95-96H2,1-14H3,(H,97,128)(H,98,126)(H,99,139)(H,100,121)(H,101,136)(H,102,134)(H,103,127)(H,104,133)(H,105,131)(H,106,129)(H,107,130)(H,108,137)(H,109,120)(H,110,132)(H,111,135)(H,112,140)(H,113,138)(H,122,123)(H,124,125)(H,143,144)/t50-,51-,52+,53+,57-,58-,59-,60-,61-,62-,63-,64-,65-,66-,67-,72-,73-,74-,75-,76-/m0/s1. The lowest BCUT2D eigenvalue weighted by molar-refractivity contribution is -0.145. The van der Waals surface area contributed by atoms with E-state index in [0.717, 1.165) is 16.7 Å². The van der Waals surface area contributed by atoms with E-state index in [0.29, 0.717) is 5.56 Å². The van der Waals surface area contributed by atoms with Crippen molar-refractivity contribution in [2.24, 2.45) is 41.1 Å². The summed E-state index contributed by atoms with van der Waals surface area (Å²) in [5.74, 6) is -26.4. The summed E-state index contributed by atoms with van der Waals surface area (Å²) in [6.07, 6.45) is -5.81. The molecule has 28 N–H and O–H groups in total. The molecule has 808 valence electrons. The summed E-state index contributed by atoms with van der Waals surface area (Å²) in [5.41, 5.74) is 11.9. The SMILES string of the molecule is CC(C)C[C@H](NC(=O)[C@H](C)NC(=O)[C@H](C)NC(=O)[C@@H](NC(=O)CN)[C@@H](C)O)C(=O)NCC(=O)N[C@@H](CS)C(=O)N[C@@H](CC(C)C)C(=O)N[C@H](C(=O)N[C@@H](CCCCN)C(=O)N[C@@H](CC(=O)O)C(=O)N[C@@H](Cc1ccc(O)cc1)C(=O)N[C@@H](Cc1ccccc1)C(=O)N1CCC[C@H]1C(=O)N[C@@H](CCC(=O)O)C(=O)N1CCC[C@H]1C(=O)N[C@H](C(=O)N[C@H](C(=O)N[C@H](C(=O)N[C@@H](CO)C(=O)O)C(C)C)[C@@H](C)O)C(C)C)C(C)C. The normalized spacial score (nSPS) is 17.2. The van der Waals surface area contributed by atoms with Crippen LogP contribution in [0.5, 0.6) is 5.75 Å². The van der Waals surface area contributed by atoms with Gasteiger partial charge in [-0.25, -0.2) is 4.79 Å². The van der Waals surface area contributed by atoms with E-state index in [1.165, 1.54) is 86.6 Å². The van der Waals surface area contributed by atoms with Gasteiger partial charge in [0.05, 0.1) is 38.3 Å². The lowest BCUT2D eigenvalue weighted by Crippen LogP contribution is -2.62. The Labute approximate surface area is 845 Å². The first kappa shape index (κ1) is 124. The number of carbonyl (C=O) groups is 22. The van der Waals surface area contributed by atoms with E-state index in [1.54, 1.807) is 58.0 Å². The largest absolute Gasteiger partial charge is 0.508 e. The van der Waals surface area contributed by atoms with Crippen LogP contribution in [0.4, 0.5) is 0 Å². The van der Waals surface area contributed by atoms with Gasteiger partial charge in [0.1, 0.15) is 115 Å². The summed E-state index contributed by atoms with van der Waals surface area (Å²) in [7, 11) is 0. The Morgan fingerprint density at radius 3 is 1.28 bits per heavy atom. The molecule has 2 aromatic rings. The number of benzene rings is 2. The Kier molecular flexibility index (Phi) is 52.3. The van der Waals surface area contributed by atoms with Crippen molar-refractivity contribution >= 4 is 143 Å². The van der Waals surface area contributed by atoms with Gasteiger partial charge in [0.15, 0.2) is 0 Å². The molecule has 2 heterocycles. The third kappa shape index (κ3) is 41.0. The Balaban J connectivity index is 1.57. The molecule has 0 bridgehead atoms. The number of amides is 19.